The first-order chi connectivity index (χ1) is 18.2. The second kappa shape index (κ2) is 14.1. The highest BCUT2D eigenvalue weighted by atomic mass is 35.5. The fourth-order valence-corrected chi connectivity index (χ4v) is 4.75. The van der Waals surface area contributed by atoms with Crippen molar-refractivity contribution in [1.82, 2.24) is 9.38 Å². The summed E-state index contributed by atoms with van der Waals surface area (Å²) in [6.45, 7) is 2.97. The van der Waals surface area contributed by atoms with Crippen LogP contribution in [-0.4, -0.2) is 32.4 Å². The molecule has 0 aliphatic heterocycles. The van der Waals surface area contributed by atoms with Crippen molar-refractivity contribution in [2.75, 3.05) is 11.1 Å². The highest BCUT2D eigenvalue weighted by Crippen LogP contribution is 2.33. The molecular weight excluding hydrogens is 535 g/mol. The van der Waals surface area contributed by atoms with Gasteiger partial charge in [-0.3, -0.25) is 4.40 Å². The molecule has 0 fully saturated rings. The van der Waals surface area contributed by atoms with Gasteiger partial charge >= 0.3 is 12.1 Å². The van der Waals surface area contributed by atoms with E-state index < -0.39 is 12.1 Å². The molecule has 202 valence electrons. The SMILES string of the molecule is CCCCCCSc1cccc(-c2nc3ccc(Cl)cn3c2NCc2ccccc2)c1.O=C(O)C(F)(F)F. The van der Waals surface area contributed by atoms with E-state index in [0.717, 1.165) is 35.0 Å². The number of anilines is 1. The standard InChI is InChI=1S/C26H28ClN3S.C2HF3O2/c1-2-3-4-8-16-31-23-13-9-12-21(17-23)25-26(28-18-20-10-6-5-7-11-20)30-19-22(27)14-15-24(30)29-25;3-2(4,5)1(6)7/h5-7,9-15,17,19,28H,2-4,8,16,18H2,1H3;(H,6,7). The Morgan fingerprint density at radius 1 is 1.05 bits per heavy atom. The number of pyridine rings is 1. The van der Waals surface area contributed by atoms with E-state index in [-0.39, 0.29) is 0 Å². The van der Waals surface area contributed by atoms with Gasteiger partial charge in [-0.1, -0.05) is 80.3 Å². The summed E-state index contributed by atoms with van der Waals surface area (Å²) < 4.78 is 33.8. The molecule has 0 spiro atoms. The largest absolute Gasteiger partial charge is 0.490 e. The van der Waals surface area contributed by atoms with Gasteiger partial charge in [-0.25, -0.2) is 9.78 Å². The second-order valence-electron chi connectivity index (χ2n) is 8.46. The van der Waals surface area contributed by atoms with Gasteiger partial charge in [0.2, 0.25) is 0 Å². The summed E-state index contributed by atoms with van der Waals surface area (Å²) in [4.78, 5) is 15.1. The van der Waals surface area contributed by atoms with Gasteiger partial charge in [-0.05, 0) is 42.0 Å². The van der Waals surface area contributed by atoms with Crippen LogP contribution in [0.25, 0.3) is 16.9 Å². The maximum atomic E-state index is 10.6. The van der Waals surface area contributed by atoms with Crippen LogP contribution in [0.15, 0.2) is 77.8 Å². The molecule has 0 radical (unpaired) electrons. The first kappa shape index (κ1) is 29.4. The lowest BCUT2D eigenvalue weighted by Gasteiger charge is -2.10. The Labute approximate surface area is 229 Å². The van der Waals surface area contributed by atoms with Crippen molar-refractivity contribution in [2.45, 2.75) is 50.2 Å². The number of hydrogen-bond acceptors (Lipinski definition) is 4. The second-order valence-corrected chi connectivity index (χ2v) is 10.1. The van der Waals surface area contributed by atoms with E-state index in [1.807, 2.05) is 40.6 Å². The maximum Gasteiger partial charge on any atom is 0.490 e. The Bertz CT molecular complexity index is 1330. The van der Waals surface area contributed by atoms with Gasteiger partial charge < -0.3 is 10.4 Å². The van der Waals surface area contributed by atoms with E-state index in [1.54, 1.807) is 0 Å². The van der Waals surface area contributed by atoms with Crippen molar-refractivity contribution in [2.24, 2.45) is 0 Å². The van der Waals surface area contributed by atoms with E-state index >= 15 is 0 Å². The van der Waals surface area contributed by atoms with Gasteiger partial charge in [0, 0.05) is 23.2 Å². The molecule has 4 rings (SSSR count). The van der Waals surface area contributed by atoms with Crippen LogP contribution < -0.4 is 5.32 Å². The number of nitrogens with one attached hydrogen (secondary N) is 1. The first-order valence-corrected chi connectivity index (χ1v) is 13.5. The number of hydrogen-bond donors (Lipinski definition) is 2. The number of alkyl halides is 3. The number of carboxylic acids is 1. The Balaban J connectivity index is 0.000000505. The minimum Gasteiger partial charge on any atom is -0.475 e. The van der Waals surface area contributed by atoms with E-state index in [4.69, 9.17) is 26.5 Å². The minimum absolute atomic E-state index is 0.690. The van der Waals surface area contributed by atoms with E-state index in [1.165, 1.54) is 36.1 Å². The minimum atomic E-state index is -5.08. The summed E-state index contributed by atoms with van der Waals surface area (Å²) in [7, 11) is 0. The van der Waals surface area contributed by atoms with Crippen molar-refractivity contribution >= 4 is 40.8 Å². The average Bonchev–Trinajstić information content (AvgIpc) is 3.25. The maximum absolute atomic E-state index is 10.6. The summed E-state index contributed by atoms with van der Waals surface area (Å²) in [6.07, 6.45) is 2.01. The predicted octanol–water partition coefficient (Wildman–Crippen LogP) is 8.57. The van der Waals surface area contributed by atoms with Crippen LogP contribution in [0.3, 0.4) is 0 Å². The number of carboxylic acid groups (broad SMARTS) is 1. The zero-order valence-electron chi connectivity index (χ0n) is 20.8. The summed E-state index contributed by atoms with van der Waals surface area (Å²) in [5.41, 5.74) is 4.18. The normalized spacial score (nSPS) is 11.2. The fourth-order valence-electron chi connectivity index (χ4n) is 3.62. The first-order valence-electron chi connectivity index (χ1n) is 12.2. The van der Waals surface area contributed by atoms with Gasteiger partial charge in [0.1, 0.15) is 17.2 Å². The van der Waals surface area contributed by atoms with Gasteiger partial charge in [0.15, 0.2) is 0 Å². The zero-order chi connectivity index (χ0) is 27.5. The molecule has 2 aromatic carbocycles. The molecule has 0 aliphatic carbocycles. The molecule has 0 saturated heterocycles. The smallest absolute Gasteiger partial charge is 0.475 e. The monoisotopic (exact) mass is 563 g/mol. The number of fused-ring (bicyclic) bond motifs is 1. The molecule has 0 bridgehead atoms. The number of aliphatic carboxylic acids is 1. The van der Waals surface area contributed by atoms with Crippen LogP contribution in [0, 0.1) is 0 Å². The average molecular weight is 564 g/mol. The van der Waals surface area contributed by atoms with E-state index in [2.05, 4.69) is 60.8 Å². The van der Waals surface area contributed by atoms with Crippen LogP contribution in [0.2, 0.25) is 5.02 Å². The molecule has 38 heavy (non-hydrogen) atoms. The summed E-state index contributed by atoms with van der Waals surface area (Å²) in [5.74, 6) is -0.637. The van der Waals surface area contributed by atoms with E-state index in [0.29, 0.717) is 5.02 Å². The molecule has 5 nitrogen and oxygen atoms in total. The molecule has 2 aromatic heterocycles. The van der Waals surface area contributed by atoms with Gasteiger partial charge in [-0.2, -0.15) is 13.2 Å². The molecular formula is C28H29ClF3N3O2S. The molecule has 2 heterocycles. The molecule has 0 amide bonds. The lowest BCUT2D eigenvalue weighted by atomic mass is 10.1. The Morgan fingerprint density at radius 3 is 2.47 bits per heavy atom. The molecule has 0 unspecified atom stereocenters. The summed E-state index contributed by atoms with van der Waals surface area (Å²) >= 11 is 8.23. The molecule has 10 heteroatoms. The van der Waals surface area contributed by atoms with Gasteiger partial charge in [0.25, 0.3) is 0 Å². The van der Waals surface area contributed by atoms with Crippen LogP contribution in [0.4, 0.5) is 19.0 Å². The van der Waals surface area contributed by atoms with Crippen molar-refractivity contribution in [1.29, 1.82) is 0 Å². The molecule has 4 aromatic rings. The number of nitrogens with zero attached hydrogens (tertiary/aromatic N) is 2. The van der Waals surface area contributed by atoms with Gasteiger partial charge in [0.05, 0.1) is 5.02 Å². The van der Waals surface area contributed by atoms with Gasteiger partial charge in [-0.15, -0.1) is 11.8 Å². The number of thioether (sulfide) groups is 1. The quantitative estimate of drug-likeness (QED) is 0.149. The van der Waals surface area contributed by atoms with Crippen molar-refractivity contribution < 1.29 is 23.1 Å². The highest BCUT2D eigenvalue weighted by Gasteiger charge is 2.38. The lowest BCUT2D eigenvalue weighted by molar-refractivity contribution is -0.192. The summed E-state index contributed by atoms with van der Waals surface area (Å²) in [5, 5.41) is 11.4. The van der Waals surface area contributed by atoms with Crippen molar-refractivity contribution in [3.63, 3.8) is 0 Å². The Kier molecular flexibility index (Phi) is 10.9. The third kappa shape index (κ3) is 8.70. The number of imidazole rings is 1. The molecule has 0 saturated carbocycles. The number of carbonyl (C=O) groups is 1. The number of rotatable bonds is 10. The number of halogens is 4. The van der Waals surface area contributed by atoms with Crippen molar-refractivity contribution in [3.05, 3.63) is 83.5 Å². The van der Waals surface area contributed by atoms with Crippen LogP contribution in [0.5, 0.6) is 0 Å². The Morgan fingerprint density at radius 2 is 1.79 bits per heavy atom. The Hall–Kier alpha value is -3.17. The number of unbranched alkanes of at least 4 members (excludes halogenated alkanes) is 3. The zero-order valence-corrected chi connectivity index (χ0v) is 22.4. The fraction of sp³-hybridized carbons (Fsp3) is 0.286. The van der Waals surface area contributed by atoms with Crippen LogP contribution in [-0.2, 0) is 11.3 Å². The van der Waals surface area contributed by atoms with Crippen LogP contribution in [0.1, 0.15) is 38.2 Å². The molecule has 2 N–H and O–H groups in total. The predicted molar refractivity (Wildman–Crippen MR) is 148 cm³/mol. The third-order valence-electron chi connectivity index (χ3n) is 5.50. The number of aromatic nitrogens is 2. The molecule has 0 atom stereocenters. The lowest BCUT2D eigenvalue weighted by Crippen LogP contribution is -2.21. The van der Waals surface area contributed by atoms with Crippen molar-refractivity contribution in [3.8, 4) is 11.3 Å². The number of benzene rings is 2. The van der Waals surface area contributed by atoms with Crippen LogP contribution >= 0.6 is 23.4 Å². The third-order valence-corrected chi connectivity index (χ3v) is 6.81. The topological polar surface area (TPSA) is 66.6 Å². The summed E-state index contributed by atoms with van der Waals surface area (Å²) in [6, 6.07) is 23.0. The highest BCUT2D eigenvalue weighted by molar-refractivity contribution is 7.99. The van der Waals surface area contributed by atoms with E-state index in [9.17, 15) is 13.2 Å². The molecule has 0 aliphatic rings.